The lowest BCUT2D eigenvalue weighted by molar-refractivity contribution is -0.119. The number of aliphatic hydroxyl groups is 2. The van der Waals surface area contributed by atoms with Crippen LogP contribution in [0, 0.1) is 0 Å². The Hall–Kier alpha value is -1.72. The SMILES string of the molecule is CC(=O)NCCC(O)C(O)c1ccc2c(c1)C(=O)CCC2. The van der Waals surface area contributed by atoms with Crippen molar-refractivity contribution < 1.29 is 19.8 Å². The number of hydrogen-bond acceptors (Lipinski definition) is 4. The number of carbonyl (C=O) groups excluding carboxylic acids is 2. The largest absolute Gasteiger partial charge is 0.390 e. The van der Waals surface area contributed by atoms with E-state index in [1.807, 2.05) is 6.07 Å². The van der Waals surface area contributed by atoms with E-state index in [0.717, 1.165) is 18.4 Å². The van der Waals surface area contributed by atoms with Crippen molar-refractivity contribution in [3.8, 4) is 0 Å². The van der Waals surface area contributed by atoms with Gasteiger partial charge in [0.15, 0.2) is 5.78 Å². The fraction of sp³-hybridized carbons (Fsp3) is 0.500. The highest BCUT2D eigenvalue weighted by molar-refractivity contribution is 5.98. The minimum atomic E-state index is -1.06. The fourth-order valence-electron chi connectivity index (χ4n) is 2.61. The topological polar surface area (TPSA) is 86.6 Å². The minimum absolute atomic E-state index is 0.0954. The molecule has 21 heavy (non-hydrogen) atoms. The number of hydrogen-bond donors (Lipinski definition) is 3. The average Bonchev–Trinajstić information content (AvgIpc) is 2.46. The Labute approximate surface area is 124 Å². The number of benzene rings is 1. The number of amides is 1. The highest BCUT2D eigenvalue weighted by Crippen LogP contribution is 2.26. The molecular formula is C16H21NO4. The second-order valence-electron chi connectivity index (χ2n) is 5.48. The summed E-state index contributed by atoms with van der Waals surface area (Å²) in [4.78, 5) is 22.7. The summed E-state index contributed by atoms with van der Waals surface area (Å²) < 4.78 is 0. The van der Waals surface area contributed by atoms with Crippen molar-refractivity contribution in [1.29, 1.82) is 0 Å². The van der Waals surface area contributed by atoms with E-state index in [4.69, 9.17) is 0 Å². The number of fused-ring (bicyclic) bond motifs is 1. The molecule has 1 amide bonds. The van der Waals surface area contributed by atoms with Gasteiger partial charge < -0.3 is 15.5 Å². The molecule has 1 aliphatic carbocycles. The number of Topliss-reactive ketones (excluding diaryl/α,β-unsaturated/α-hetero) is 1. The molecule has 1 aromatic rings. The van der Waals surface area contributed by atoms with Crippen LogP contribution < -0.4 is 5.32 Å². The molecule has 0 aromatic heterocycles. The molecule has 3 N–H and O–H groups in total. The molecule has 2 unspecified atom stereocenters. The Kier molecular flexibility index (Phi) is 5.09. The van der Waals surface area contributed by atoms with Crippen molar-refractivity contribution in [3.63, 3.8) is 0 Å². The molecule has 5 heteroatoms. The molecule has 1 aromatic carbocycles. The van der Waals surface area contributed by atoms with E-state index >= 15 is 0 Å². The number of rotatable bonds is 5. The summed E-state index contributed by atoms with van der Waals surface area (Å²) in [6.45, 7) is 1.70. The van der Waals surface area contributed by atoms with Crippen molar-refractivity contribution in [2.75, 3.05) is 6.54 Å². The standard InChI is InChI=1S/C16H21NO4/c1-10(18)17-8-7-15(20)16(21)12-6-5-11-3-2-4-14(19)13(11)9-12/h5-6,9,15-16,20-21H,2-4,7-8H2,1H3,(H,17,18). The average molecular weight is 291 g/mol. The first-order valence-electron chi connectivity index (χ1n) is 7.25. The van der Waals surface area contributed by atoms with Crippen LogP contribution in [0.2, 0.25) is 0 Å². The summed E-state index contributed by atoms with van der Waals surface area (Å²) >= 11 is 0. The summed E-state index contributed by atoms with van der Waals surface area (Å²) in [5.74, 6) is -0.0749. The third kappa shape index (κ3) is 3.89. The van der Waals surface area contributed by atoms with Gasteiger partial charge in [-0.3, -0.25) is 9.59 Å². The number of aliphatic hydroxyl groups excluding tert-OH is 2. The molecular weight excluding hydrogens is 270 g/mol. The smallest absolute Gasteiger partial charge is 0.216 e. The fourth-order valence-corrected chi connectivity index (χ4v) is 2.61. The summed E-state index contributed by atoms with van der Waals surface area (Å²) in [6.07, 6.45) is 0.506. The van der Waals surface area contributed by atoms with Gasteiger partial charge in [0, 0.05) is 25.5 Å². The van der Waals surface area contributed by atoms with Crippen LogP contribution >= 0.6 is 0 Å². The van der Waals surface area contributed by atoms with E-state index in [-0.39, 0.29) is 18.1 Å². The van der Waals surface area contributed by atoms with Crippen molar-refractivity contribution in [3.05, 3.63) is 34.9 Å². The molecule has 0 spiro atoms. The molecule has 0 saturated heterocycles. The summed E-state index contributed by atoms with van der Waals surface area (Å²) in [5, 5.41) is 22.7. The van der Waals surface area contributed by atoms with Crippen LogP contribution in [-0.2, 0) is 11.2 Å². The van der Waals surface area contributed by atoms with Crippen LogP contribution in [0.15, 0.2) is 18.2 Å². The van der Waals surface area contributed by atoms with Crippen LogP contribution in [0.3, 0.4) is 0 Å². The summed E-state index contributed by atoms with van der Waals surface area (Å²) in [7, 11) is 0. The molecule has 0 fully saturated rings. The maximum absolute atomic E-state index is 11.9. The van der Waals surface area contributed by atoms with Gasteiger partial charge in [-0.15, -0.1) is 0 Å². The van der Waals surface area contributed by atoms with Crippen LogP contribution in [-0.4, -0.2) is 34.6 Å². The van der Waals surface area contributed by atoms with Crippen molar-refractivity contribution in [2.45, 2.75) is 44.8 Å². The Bertz CT molecular complexity index is 541. The normalized spacial score (nSPS) is 17.0. The number of ketones is 1. The first-order valence-corrected chi connectivity index (χ1v) is 7.25. The molecule has 114 valence electrons. The second kappa shape index (κ2) is 6.83. The third-order valence-electron chi connectivity index (χ3n) is 3.80. The first-order chi connectivity index (χ1) is 9.99. The molecule has 0 heterocycles. The van der Waals surface area contributed by atoms with Crippen LogP contribution in [0.1, 0.15) is 53.8 Å². The van der Waals surface area contributed by atoms with Gasteiger partial charge in [0.05, 0.1) is 6.10 Å². The van der Waals surface area contributed by atoms with E-state index in [2.05, 4.69) is 5.32 Å². The van der Waals surface area contributed by atoms with Crippen LogP contribution in [0.25, 0.3) is 0 Å². The maximum atomic E-state index is 11.9. The van der Waals surface area contributed by atoms with Gasteiger partial charge in [0.1, 0.15) is 6.10 Å². The molecule has 0 aliphatic heterocycles. The Morgan fingerprint density at radius 1 is 1.33 bits per heavy atom. The number of carbonyl (C=O) groups is 2. The van der Waals surface area contributed by atoms with Crippen LogP contribution in [0.4, 0.5) is 0 Å². The lowest BCUT2D eigenvalue weighted by Gasteiger charge is -2.21. The number of nitrogens with one attached hydrogen (secondary N) is 1. The predicted molar refractivity (Wildman–Crippen MR) is 78.0 cm³/mol. The van der Waals surface area contributed by atoms with Crippen molar-refractivity contribution in [2.24, 2.45) is 0 Å². The molecule has 0 radical (unpaired) electrons. The van der Waals surface area contributed by atoms with Gasteiger partial charge in [-0.1, -0.05) is 12.1 Å². The second-order valence-corrected chi connectivity index (χ2v) is 5.48. The van der Waals surface area contributed by atoms with Crippen molar-refractivity contribution in [1.82, 2.24) is 5.32 Å². The van der Waals surface area contributed by atoms with E-state index in [1.165, 1.54) is 6.92 Å². The minimum Gasteiger partial charge on any atom is -0.390 e. The monoisotopic (exact) mass is 291 g/mol. The van der Waals surface area contributed by atoms with Gasteiger partial charge >= 0.3 is 0 Å². The lowest BCUT2D eigenvalue weighted by Crippen LogP contribution is -2.27. The molecule has 2 atom stereocenters. The van der Waals surface area contributed by atoms with Gasteiger partial charge in [-0.25, -0.2) is 0 Å². The highest BCUT2D eigenvalue weighted by Gasteiger charge is 2.22. The number of aryl methyl sites for hydroxylation is 1. The third-order valence-corrected chi connectivity index (χ3v) is 3.80. The molecule has 0 saturated carbocycles. The Morgan fingerprint density at radius 2 is 2.10 bits per heavy atom. The Balaban J connectivity index is 2.05. The van der Waals surface area contributed by atoms with E-state index in [9.17, 15) is 19.8 Å². The van der Waals surface area contributed by atoms with E-state index < -0.39 is 12.2 Å². The lowest BCUT2D eigenvalue weighted by atomic mass is 9.88. The zero-order valence-corrected chi connectivity index (χ0v) is 12.1. The maximum Gasteiger partial charge on any atom is 0.216 e. The van der Waals surface area contributed by atoms with Crippen LogP contribution in [0.5, 0.6) is 0 Å². The molecule has 2 rings (SSSR count). The zero-order chi connectivity index (χ0) is 15.4. The molecule has 1 aliphatic rings. The van der Waals surface area contributed by atoms with Gasteiger partial charge in [0.2, 0.25) is 5.91 Å². The predicted octanol–water partition coefficient (Wildman–Crippen LogP) is 1.13. The summed E-state index contributed by atoms with van der Waals surface area (Å²) in [5.41, 5.74) is 2.21. The quantitative estimate of drug-likeness (QED) is 0.759. The van der Waals surface area contributed by atoms with Crippen molar-refractivity contribution >= 4 is 11.7 Å². The van der Waals surface area contributed by atoms with E-state index in [1.54, 1.807) is 12.1 Å². The van der Waals surface area contributed by atoms with Gasteiger partial charge in [-0.2, -0.15) is 0 Å². The first kappa shape index (κ1) is 15.7. The van der Waals surface area contributed by atoms with Gasteiger partial charge in [-0.05, 0) is 36.5 Å². The Morgan fingerprint density at radius 3 is 2.81 bits per heavy atom. The van der Waals surface area contributed by atoms with Gasteiger partial charge in [0.25, 0.3) is 0 Å². The highest BCUT2D eigenvalue weighted by atomic mass is 16.3. The molecule has 5 nitrogen and oxygen atoms in total. The summed E-state index contributed by atoms with van der Waals surface area (Å²) in [6, 6.07) is 5.29. The zero-order valence-electron chi connectivity index (χ0n) is 12.1. The van der Waals surface area contributed by atoms with E-state index in [0.29, 0.717) is 24.1 Å². The molecule has 0 bridgehead atoms.